The van der Waals surface area contributed by atoms with E-state index in [4.69, 9.17) is 10.2 Å². The van der Waals surface area contributed by atoms with Gasteiger partial charge in [0.2, 0.25) is 0 Å². The Bertz CT molecular complexity index is 408. The molecule has 0 heterocycles. The van der Waals surface area contributed by atoms with Gasteiger partial charge in [-0.05, 0) is 44.9 Å². The van der Waals surface area contributed by atoms with Crippen LogP contribution in [0.4, 0.5) is 0 Å². The van der Waals surface area contributed by atoms with E-state index in [0.29, 0.717) is 12.8 Å². The SMILES string of the molecule is O=C(O)CCCC=CCC=CCC=CCCCCCCCC(=O)O. The Kier molecular flexibility index (Phi) is 16.2. The summed E-state index contributed by atoms with van der Waals surface area (Å²) in [6, 6.07) is 0. The van der Waals surface area contributed by atoms with Crippen LogP contribution >= 0.6 is 0 Å². The largest absolute Gasteiger partial charge is 0.481 e. The number of carbonyl (C=O) groups is 2. The number of unbranched alkanes of at least 4 members (excludes halogenated alkanes) is 6. The van der Waals surface area contributed by atoms with E-state index in [-0.39, 0.29) is 6.42 Å². The molecule has 0 saturated carbocycles. The smallest absolute Gasteiger partial charge is 0.303 e. The van der Waals surface area contributed by atoms with Crippen LogP contribution in [-0.4, -0.2) is 22.2 Å². The van der Waals surface area contributed by atoms with Crippen LogP contribution < -0.4 is 0 Å². The highest BCUT2D eigenvalue weighted by Gasteiger charge is 1.95. The maximum Gasteiger partial charge on any atom is 0.303 e. The first kappa shape index (κ1) is 22.2. The van der Waals surface area contributed by atoms with Gasteiger partial charge >= 0.3 is 11.9 Å². The van der Waals surface area contributed by atoms with Gasteiger partial charge in [-0.25, -0.2) is 0 Å². The Labute approximate surface area is 146 Å². The van der Waals surface area contributed by atoms with E-state index in [1.165, 1.54) is 12.8 Å². The standard InChI is InChI=1S/C20H32O4/c21-19(22)17-15-13-11-9-7-5-3-1-2-4-6-8-10-12-14-16-18-20(23)24/h1,3-4,6,10,12H,2,5,7-9,11,13-18H2,(H,21,22)(H,23,24). The summed E-state index contributed by atoms with van der Waals surface area (Å²) >= 11 is 0. The summed E-state index contributed by atoms with van der Waals surface area (Å²) in [5, 5.41) is 17.0. The summed E-state index contributed by atoms with van der Waals surface area (Å²) in [5.41, 5.74) is 0. The van der Waals surface area contributed by atoms with Crippen LogP contribution in [0.1, 0.15) is 77.0 Å². The van der Waals surface area contributed by atoms with E-state index in [1.807, 2.05) is 6.08 Å². The summed E-state index contributed by atoms with van der Waals surface area (Å²) in [7, 11) is 0. The van der Waals surface area contributed by atoms with Gasteiger partial charge in [-0.15, -0.1) is 0 Å². The minimum atomic E-state index is -0.728. The molecule has 136 valence electrons. The third-order valence-electron chi connectivity index (χ3n) is 3.57. The van der Waals surface area contributed by atoms with Crippen molar-refractivity contribution in [3.05, 3.63) is 36.5 Å². The molecule has 2 N–H and O–H groups in total. The number of hydrogen-bond acceptors (Lipinski definition) is 2. The average molecular weight is 336 g/mol. The summed E-state index contributed by atoms with van der Waals surface area (Å²) in [6.45, 7) is 0. The zero-order chi connectivity index (χ0) is 17.9. The second-order valence-electron chi connectivity index (χ2n) is 5.87. The summed E-state index contributed by atoms with van der Waals surface area (Å²) in [4.78, 5) is 20.7. The fraction of sp³-hybridized carbons (Fsp3) is 0.600. The highest BCUT2D eigenvalue weighted by molar-refractivity contribution is 5.66. The van der Waals surface area contributed by atoms with Gasteiger partial charge in [-0.1, -0.05) is 55.7 Å². The molecule has 0 aromatic carbocycles. The maximum atomic E-state index is 10.3. The van der Waals surface area contributed by atoms with E-state index in [9.17, 15) is 9.59 Å². The Morgan fingerprint density at radius 3 is 1.54 bits per heavy atom. The normalized spacial score (nSPS) is 11.8. The molecule has 0 fully saturated rings. The number of aliphatic carboxylic acids is 2. The predicted molar refractivity (Wildman–Crippen MR) is 98.1 cm³/mol. The van der Waals surface area contributed by atoms with E-state index in [1.54, 1.807) is 0 Å². The molecule has 0 saturated heterocycles. The third kappa shape index (κ3) is 20.2. The molecule has 0 aliphatic heterocycles. The van der Waals surface area contributed by atoms with Gasteiger partial charge in [-0.2, -0.15) is 0 Å². The lowest BCUT2D eigenvalue weighted by molar-refractivity contribution is -0.138. The molecule has 0 atom stereocenters. The van der Waals surface area contributed by atoms with E-state index >= 15 is 0 Å². The molecule has 0 spiro atoms. The minimum absolute atomic E-state index is 0.243. The molecule has 0 amide bonds. The van der Waals surface area contributed by atoms with Crippen LogP contribution in [0.2, 0.25) is 0 Å². The van der Waals surface area contributed by atoms with Crippen molar-refractivity contribution in [3.63, 3.8) is 0 Å². The van der Waals surface area contributed by atoms with Gasteiger partial charge < -0.3 is 10.2 Å². The van der Waals surface area contributed by atoms with Crippen molar-refractivity contribution in [2.45, 2.75) is 77.0 Å². The van der Waals surface area contributed by atoms with E-state index < -0.39 is 11.9 Å². The predicted octanol–water partition coefficient (Wildman–Crippen LogP) is 5.51. The molecule has 0 aromatic rings. The van der Waals surface area contributed by atoms with Crippen LogP contribution in [0.3, 0.4) is 0 Å². The molecular weight excluding hydrogens is 304 g/mol. The average Bonchev–Trinajstić information content (AvgIpc) is 2.53. The molecule has 0 radical (unpaired) electrons. The van der Waals surface area contributed by atoms with Crippen LogP contribution in [0.25, 0.3) is 0 Å². The Morgan fingerprint density at radius 2 is 0.958 bits per heavy atom. The van der Waals surface area contributed by atoms with Crippen LogP contribution in [0, 0.1) is 0 Å². The van der Waals surface area contributed by atoms with Gasteiger partial charge in [-0.3, -0.25) is 9.59 Å². The molecule has 0 unspecified atom stereocenters. The van der Waals surface area contributed by atoms with E-state index in [0.717, 1.165) is 44.9 Å². The summed E-state index contributed by atoms with van der Waals surface area (Å²) in [5.74, 6) is -1.42. The second kappa shape index (κ2) is 17.5. The molecule has 0 rings (SSSR count). The zero-order valence-electron chi connectivity index (χ0n) is 14.7. The first-order valence-corrected chi connectivity index (χ1v) is 9.01. The third-order valence-corrected chi connectivity index (χ3v) is 3.57. The Morgan fingerprint density at radius 1 is 0.542 bits per heavy atom. The van der Waals surface area contributed by atoms with Crippen molar-refractivity contribution >= 4 is 11.9 Å². The Balaban J connectivity index is 3.32. The number of carboxylic acid groups (broad SMARTS) is 2. The topological polar surface area (TPSA) is 74.6 Å². The number of hydrogen-bond donors (Lipinski definition) is 2. The quantitative estimate of drug-likeness (QED) is 0.288. The first-order valence-electron chi connectivity index (χ1n) is 9.01. The van der Waals surface area contributed by atoms with Crippen molar-refractivity contribution in [1.29, 1.82) is 0 Å². The van der Waals surface area contributed by atoms with Crippen molar-refractivity contribution in [2.24, 2.45) is 0 Å². The Hall–Kier alpha value is -1.84. The lowest BCUT2D eigenvalue weighted by atomic mass is 10.1. The van der Waals surface area contributed by atoms with Gasteiger partial charge in [0.05, 0.1) is 0 Å². The highest BCUT2D eigenvalue weighted by atomic mass is 16.4. The molecule has 0 bridgehead atoms. The molecule has 4 heteroatoms. The zero-order valence-corrected chi connectivity index (χ0v) is 14.7. The number of rotatable bonds is 16. The molecule has 0 aromatic heterocycles. The maximum absolute atomic E-state index is 10.3. The van der Waals surface area contributed by atoms with Crippen LogP contribution in [-0.2, 0) is 9.59 Å². The van der Waals surface area contributed by atoms with Crippen molar-refractivity contribution in [1.82, 2.24) is 0 Å². The fourth-order valence-electron chi connectivity index (χ4n) is 2.22. The lowest BCUT2D eigenvalue weighted by Gasteiger charge is -1.98. The van der Waals surface area contributed by atoms with Crippen LogP contribution in [0.15, 0.2) is 36.5 Å². The lowest BCUT2D eigenvalue weighted by Crippen LogP contribution is -1.93. The van der Waals surface area contributed by atoms with Gasteiger partial charge in [0.25, 0.3) is 0 Å². The van der Waals surface area contributed by atoms with Gasteiger partial charge in [0.15, 0.2) is 0 Å². The second-order valence-corrected chi connectivity index (χ2v) is 5.87. The number of allylic oxidation sites excluding steroid dienone is 6. The number of carboxylic acids is 2. The van der Waals surface area contributed by atoms with Crippen molar-refractivity contribution in [3.8, 4) is 0 Å². The summed E-state index contributed by atoms with van der Waals surface area (Å²) in [6.07, 6.45) is 23.1. The minimum Gasteiger partial charge on any atom is -0.481 e. The fourth-order valence-corrected chi connectivity index (χ4v) is 2.22. The summed E-state index contributed by atoms with van der Waals surface area (Å²) < 4.78 is 0. The molecule has 4 nitrogen and oxygen atoms in total. The molecule has 0 aliphatic rings. The van der Waals surface area contributed by atoms with Crippen molar-refractivity contribution < 1.29 is 19.8 Å². The van der Waals surface area contributed by atoms with Crippen molar-refractivity contribution in [2.75, 3.05) is 0 Å². The monoisotopic (exact) mass is 336 g/mol. The van der Waals surface area contributed by atoms with Crippen LogP contribution in [0.5, 0.6) is 0 Å². The first-order chi connectivity index (χ1) is 11.6. The molecule has 24 heavy (non-hydrogen) atoms. The highest BCUT2D eigenvalue weighted by Crippen LogP contribution is 2.07. The molecule has 0 aliphatic carbocycles. The molecular formula is C20H32O4. The van der Waals surface area contributed by atoms with Gasteiger partial charge in [0, 0.05) is 12.8 Å². The van der Waals surface area contributed by atoms with Gasteiger partial charge in [0.1, 0.15) is 0 Å². The van der Waals surface area contributed by atoms with E-state index in [2.05, 4.69) is 30.4 Å².